The SMILES string of the molecule is CC(=O)N1CCN(CCn2c(=O)n(C3CCN(C(=O)OC(C)(C)C)CC3)c3cc(Cl)c(Cl)cc32)CC1. The highest BCUT2D eigenvalue weighted by Gasteiger charge is 2.30. The van der Waals surface area contributed by atoms with E-state index in [1.165, 1.54) is 0 Å². The number of likely N-dealkylation sites (tertiary alicyclic amines) is 1. The molecule has 3 heterocycles. The van der Waals surface area contributed by atoms with Gasteiger partial charge in [0.05, 0.1) is 21.1 Å². The Balaban J connectivity index is 1.53. The van der Waals surface area contributed by atoms with Gasteiger partial charge in [-0.3, -0.25) is 18.8 Å². The van der Waals surface area contributed by atoms with E-state index in [0.29, 0.717) is 62.2 Å². The summed E-state index contributed by atoms with van der Waals surface area (Å²) in [7, 11) is 0. The minimum absolute atomic E-state index is 0.0590. The number of hydrogen-bond acceptors (Lipinski definition) is 5. The van der Waals surface area contributed by atoms with Gasteiger partial charge in [0.15, 0.2) is 0 Å². The highest BCUT2D eigenvalue weighted by Crippen LogP contribution is 2.31. The van der Waals surface area contributed by atoms with Crippen LogP contribution in [0.5, 0.6) is 0 Å². The van der Waals surface area contributed by atoms with Crippen LogP contribution in [0.25, 0.3) is 11.0 Å². The van der Waals surface area contributed by atoms with Gasteiger partial charge in [-0.05, 0) is 45.7 Å². The van der Waals surface area contributed by atoms with Crippen molar-refractivity contribution in [2.24, 2.45) is 0 Å². The van der Waals surface area contributed by atoms with Crippen LogP contribution in [-0.2, 0) is 16.1 Å². The highest BCUT2D eigenvalue weighted by atomic mass is 35.5. The molecule has 0 radical (unpaired) electrons. The summed E-state index contributed by atoms with van der Waals surface area (Å²) in [5.74, 6) is 0.0955. The van der Waals surface area contributed by atoms with Crippen LogP contribution >= 0.6 is 23.2 Å². The molecule has 36 heavy (non-hydrogen) atoms. The van der Waals surface area contributed by atoms with E-state index in [2.05, 4.69) is 4.90 Å². The largest absolute Gasteiger partial charge is 0.444 e. The lowest BCUT2D eigenvalue weighted by Crippen LogP contribution is -2.49. The summed E-state index contributed by atoms with van der Waals surface area (Å²) in [6.07, 6.45) is 0.965. The van der Waals surface area contributed by atoms with Crippen LogP contribution in [0.2, 0.25) is 10.0 Å². The lowest BCUT2D eigenvalue weighted by molar-refractivity contribution is -0.130. The van der Waals surface area contributed by atoms with Gasteiger partial charge in [0, 0.05) is 65.3 Å². The van der Waals surface area contributed by atoms with Gasteiger partial charge in [-0.25, -0.2) is 9.59 Å². The molecule has 0 saturated carbocycles. The van der Waals surface area contributed by atoms with E-state index < -0.39 is 5.60 Å². The average molecular weight is 540 g/mol. The molecule has 2 amide bonds. The molecule has 2 fully saturated rings. The van der Waals surface area contributed by atoms with Crippen LogP contribution in [0.4, 0.5) is 4.79 Å². The van der Waals surface area contributed by atoms with Gasteiger partial charge in [0.2, 0.25) is 5.91 Å². The van der Waals surface area contributed by atoms with Gasteiger partial charge < -0.3 is 14.5 Å². The quantitative estimate of drug-likeness (QED) is 0.589. The molecule has 11 heteroatoms. The van der Waals surface area contributed by atoms with Crippen molar-refractivity contribution in [1.29, 1.82) is 0 Å². The van der Waals surface area contributed by atoms with E-state index in [4.69, 9.17) is 27.9 Å². The lowest BCUT2D eigenvalue weighted by Gasteiger charge is -2.34. The fourth-order valence-corrected chi connectivity index (χ4v) is 5.32. The van der Waals surface area contributed by atoms with Gasteiger partial charge in [0.1, 0.15) is 5.60 Å². The Labute approximate surface area is 221 Å². The second kappa shape index (κ2) is 10.6. The van der Waals surface area contributed by atoms with Gasteiger partial charge in [0.25, 0.3) is 0 Å². The summed E-state index contributed by atoms with van der Waals surface area (Å²) in [6, 6.07) is 3.47. The molecule has 2 saturated heterocycles. The van der Waals surface area contributed by atoms with E-state index in [9.17, 15) is 14.4 Å². The van der Waals surface area contributed by atoms with Gasteiger partial charge in [-0.2, -0.15) is 0 Å². The number of hydrogen-bond donors (Lipinski definition) is 0. The maximum absolute atomic E-state index is 13.7. The number of nitrogens with zero attached hydrogens (tertiary/aromatic N) is 5. The number of piperidine rings is 1. The minimum Gasteiger partial charge on any atom is -0.444 e. The number of fused-ring (bicyclic) bond motifs is 1. The van der Waals surface area contributed by atoms with E-state index in [-0.39, 0.29) is 23.7 Å². The number of amides is 2. The average Bonchev–Trinajstić information content (AvgIpc) is 3.07. The molecule has 2 aliphatic rings. The number of benzene rings is 1. The zero-order chi connectivity index (χ0) is 26.2. The number of ether oxygens (including phenoxy) is 1. The Morgan fingerprint density at radius 2 is 1.50 bits per heavy atom. The number of aromatic nitrogens is 2. The smallest absolute Gasteiger partial charge is 0.410 e. The molecule has 0 unspecified atom stereocenters. The fraction of sp³-hybridized carbons (Fsp3) is 0.640. The predicted molar refractivity (Wildman–Crippen MR) is 141 cm³/mol. The molecule has 4 rings (SSSR count). The standard InChI is InChI=1S/C25H35Cl2N5O4/c1-17(33)29-12-9-28(10-13-29)11-14-31-21-15-19(26)20(27)16-22(21)32(23(31)34)18-5-7-30(8-6-18)24(35)36-25(2,3)4/h15-16,18H,5-14H2,1-4H3. The Hall–Kier alpha value is -2.23. The number of imidazole rings is 1. The normalized spacial score (nSPS) is 18.2. The first-order valence-corrected chi connectivity index (χ1v) is 13.3. The molecule has 0 spiro atoms. The van der Waals surface area contributed by atoms with E-state index in [1.54, 1.807) is 28.5 Å². The molecule has 2 aromatic rings. The summed E-state index contributed by atoms with van der Waals surface area (Å²) in [5, 5.41) is 0.812. The third-order valence-electron chi connectivity index (χ3n) is 6.94. The summed E-state index contributed by atoms with van der Waals surface area (Å²) in [6.45, 7) is 12.3. The van der Waals surface area contributed by atoms with Crippen LogP contribution in [-0.4, -0.2) is 87.2 Å². The molecule has 1 aromatic carbocycles. The number of piperazine rings is 1. The first-order chi connectivity index (χ1) is 16.9. The first kappa shape index (κ1) is 26.8. The maximum atomic E-state index is 13.7. The van der Waals surface area contributed by atoms with Crippen LogP contribution in [0.15, 0.2) is 16.9 Å². The van der Waals surface area contributed by atoms with Crippen molar-refractivity contribution in [2.75, 3.05) is 45.8 Å². The maximum Gasteiger partial charge on any atom is 0.410 e. The van der Waals surface area contributed by atoms with Gasteiger partial charge >= 0.3 is 11.8 Å². The van der Waals surface area contributed by atoms with E-state index in [1.807, 2.05) is 30.2 Å². The summed E-state index contributed by atoms with van der Waals surface area (Å²) >= 11 is 12.7. The molecule has 0 atom stereocenters. The molecule has 1 aromatic heterocycles. The number of halogens is 2. The minimum atomic E-state index is -0.549. The number of carbonyl (C=O) groups excluding carboxylic acids is 2. The van der Waals surface area contributed by atoms with E-state index >= 15 is 0 Å². The molecule has 2 aliphatic heterocycles. The lowest BCUT2D eigenvalue weighted by atomic mass is 10.0. The third kappa shape index (κ3) is 5.84. The zero-order valence-corrected chi connectivity index (χ0v) is 22.9. The van der Waals surface area contributed by atoms with Crippen molar-refractivity contribution < 1.29 is 14.3 Å². The molecule has 0 bridgehead atoms. The summed E-state index contributed by atoms with van der Waals surface area (Å²) in [4.78, 5) is 43.6. The highest BCUT2D eigenvalue weighted by molar-refractivity contribution is 6.42. The van der Waals surface area contributed by atoms with Gasteiger partial charge in [-0.15, -0.1) is 0 Å². The molecule has 0 aliphatic carbocycles. The molecule has 198 valence electrons. The molecule has 9 nitrogen and oxygen atoms in total. The van der Waals surface area contributed by atoms with Crippen molar-refractivity contribution in [3.63, 3.8) is 0 Å². The predicted octanol–water partition coefficient (Wildman–Crippen LogP) is 3.85. The van der Waals surface area contributed by atoms with Crippen LogP contribution in [0.3, 0.4) is 0 Å². The Morgan fingerprint density at radius 1 is 0.917 bits per heavy atom. The van der Waals surface area contributed by atoms with Crippen LogP contribution in [0, 0.1) is 0 Å². The summed E-state index contributed by atoms with van der Waals surface area (Å²) < 4.78 is 9.10. The number of rotatable bonds is 4. The molecule has 0 N–H and O–H groups in total. The monoisotopic (exact) mass is 539 g/mol. The Morgan fingerprint density at radius 3 is 2.06 bits per heavy atom. The van der Waals surface area contributed by atoms with Crippen molar-refractivity contribution in [3.05, 3.63) is 32.7 Å². The van der Waals surface area contributed by atoms with Crippen LogP contribution < -0.4 is 5.69 Å². The summed E-state index contributed by atoms with van der Waals surface area (Å²) in [5.41, 5.74) is 0.867. The third-order valence-corrected chi connectivity index (χ3v) is 7.67. The van der Waals surface area contributed by atoms with Crippen molar-refractivity contribution in [3.8, 4) is 0 Å². The Bertz CT molecular complexity index is 1190. The number of carbonyl (C=O) groups is 2. The van der Waals surface area contributed by atoms with Crippen molar-refractivity contribution >= 4 is 46.2 Å². The van der Waals surface area contributed by atoms with Gasteiger partial charge in [-0.1, -0.05) is 23.2 Å². The Kier molecular flexibility index (Phi) is 7.92. The second-order valence-corrected chi connectivity index (χ2v) is 11.4. The topological polar surface area (TPSA) is 80.0 Å². The fourth-order valence-electron chi connectivity index (χ4n) is 5.00. The zero-order valence-electron chi connectivity index (χ0n) is 21.4. The second-order valence-electron chi connectivity index (χ2n) is 10.6. The molecular weight excluding hydrogens is 505 g/mol. The van der Waals surface area contributed by atoms with Crippen molar-refractivity contribution in [1.82, 2.24) is 23.8 Å². The van der Waals surface area contributed by atoms with Crippen LogP contribution in [0.1, 0.15) is 46.6 Å². The first-order valence-electron chi connectivity index (χ1n) is 12.5. The van der Waals surface area contributed by atoms with Crippen molar-refractivity contribution in [2.45, 2.75) is 58.7 Å². The van der Waals surface area contributed by atoms with E-state index in [0.717, 1.165) is 24.1 Å². The molecular formula is C25H35Cl2N5O4.